The van der Waals surface area contributed by atoms with Crippen LogP contribution >= 0.6 is 0 Å². The van der Waals surface area contributed by atoms with Crippen molar-refractivity contribution >= 4 is 0 Å². The molecule has 3 heteroatoms. The Bertz CT molecular complexity index is 151. The van der Waals surface area contributed by atoms with E-state index in [9.17, 15) is 0 Å². The van der Waals surface area contributed by atoms with Gasteiger partial charge in [-0.25, -0.2) is 0 Å². The Morgan fingerprint density at radius 1 is 1.21 bits per heavy atom. The van der Waals surface area contributed by atoms with Crippen LogP contribution in [0.25, 0.3) is 0 Å². The van der Waals surface area contributed by atoms with Gasteiger partial charge in [0.25, 0.3) is 0 Å². The van der Waals surface area contributed by atoms with E-state index in [0.29, 0.717) is 6.17 Å². The molecule has 0 amide bonds. The van der Waals surface area contributed by atoms with E-state index in [1.807, 2.05) is 0 Å². The molecule has 0 aromatic heterocycles. The van der Waals surface area contributed by atoms with Crippen LogP contribution in [0, 0.1) is 5.92 Å². The quantitative estimate of drug-likeness (QED) is 0.723. The average molecular weight is 199 g/mol. The van der Waals surface area contributed by atoms with Crippen LogP contribution in [0.1, 0.15) is 20.3 Å². The third-order valence-corrected chi connectivity index (χ3v) is 2.85. The zero-order valence-electron chi connectivity index (χ0n) is 10.1. The second kappa shape index (κ2) is 5.69. The topological polar surface area (TPSA) is 18.5 Å². The molecule has 1 rings (SSSR count). The first-order valence-electron chi connectivity index (χ1n) is 5.72. The van der Waals surface area contributed by atoms with Gasteiger partial charge in [0.2, 0.25) is 0 Å². The van der Waals surface area contributed by atoms with Crippen LogP contribution in [0.3, 0.4) is 0 Å². The Morgan fingerprint density at radius 3 is 2.21 bits per heavy atom. The van der Waals surface area contributed by atoms with Gasteiger partial charge < -0.3 is 5.32 Å². The van der Waals surface area contributed by atoms with Crippen LogP contribution < -0.4 is 5.32 Å². The number of rotatable bonds is 4. The van der Waals surface area contributed by atoms with E-state index in [0.717, 1.165) is 19.0 Å². The summed E-state index contributed by atoms with van der Waals surface area (Å²) >= 11 is 0. The summed E-state index contributed by atoms with van der Waals surface area (Å²) in [6.07, 6.45) is 1.89. The van der Waals surface area contributed by atoms with Gasteiger partial charge in [0.05, 0.1) is 6.17 Å². The fourth-order valence-electron chi connectivity index (χ4n) is 2.09. The molecule has 0 radical (unpaired) electrons. The Balaban J connectivity index is 2.47. The van der Waals surface area contributed by atoms with E-state index in [1.54, 1.807) is 0 Å². The van der Waals surface area contributed by atoms with E-state index < -0.39 is 0 Å². The van der Waals surface area contributed by atoms with Crippen LogP contribution in [0.15, 0.2) is 0 Å². The van der Waals surface area contributed by atoms with Gasteiger partial charge in [0.1, 0.15) is 0 Å². The molecule has 1 atom stereocenters. The first kappa shape index (κ1) is 12.0. The zero-order chi connectivity index (χ0) is 10.6. The molecule has 84 valence electrons. The molecule has 14 heavy (non-hydrogen) atoms. The van der Waals surface area contributed by atoms with Crippen molar-refractivity contribution in [3.63, 3.8) is 0 Å². The monoisotopic (exact) mass is 199 g/mol. The van der Waals surface area contributed by atoms with Crippen molar-refractivity contribution in [1.29, 1.82) is 0 Å². The highest BCUT2D eigenvalue weighted by molar-refractivity contribution is 4.75. The Labute approximate surface area is 88.5 Å². The van der Waals surface area contributed by atoms with Gasteiger partial charge in [-0.15, -0.1) is 0 Å². The van der Waals surface area contributed by atoms with E-state index >= 15 is 0 Å². The van der Waals surface area contributed by atoms with Gasteiger partial charge in [-0.2, -0.15) is 0 Å². The molecular formula is C11H25N3. The highest BCUT2D eigenvalue weighted by Crippen LogP contribution is 2.13. The second-order valence-corrected chi connectivity index (χ2v) is 4.86. The molecule has 1 unspecified atom stereocenters. The predicted molar refractivity (Wildman–Crippen MR) is 61.4 cm³/mol. The Morgan fingerprint density at radius 2 is 1.79 bits per heavy atom. The molecule has 0 aromatic carbocycles. The van der Waals surface area contributed by atoms with Gasteiger partial charge in [0.15, 0.2) is 0 Å². The first-order chi connectivity index (χ1) is 6.61. The SMILES string of the molecule is CC(C)CC(N(C)C)N1CCNCC1. The number of nitrogens with one attached hydrogen (secondary N) is 1. The van der Waals surface area contributed by atoms with E-state index in [1.165, 1.54) is 19.5 Å². The smallest absolute Gasteiger partial charge is 0.0620 e. The lowest BCUT2D eigenvalue weighted by molar-refractivity contribution is 0.0520. The van der Waals surface area contributed by atoms with Gasteiger partial charge in [0, 0.05) is 26.2 Å². The second-order valence-electron chi connectivity index (χ2n) is 4.86. The molecule has 1 aliphatic heterocycles. The number of hydrogen-bond acceptors (Lipinski definition) is 3. The third-order valence-electron chi connectivity index (χ3n) is 2.85. The van der Waals surface area contributed by atoms with Crippen molar-refractivity contribution in [2.75, 3.05) is 40.3 Å². The molecule has 0 aromatic rings. The highest BCUT2D eigenvalue weighted by atomic mass is 15.3. The van der Waals surface area contributed by atoms with E-state index in [2.05, 4.69) is 43.1 Å². The Kier molecular flexibility index (Phi) is 4.85. The van der Waals surface area contributed by atoms with Gasteiger partial charge in [-0.05, 0) is 26.4 Å². The lowest BCUT2D eigenvalue weighted by Crippen LogP contribution is -2.53. The molecule has 1 saturated heterocycles. The fraction of sp³-hybridized carbons (Fsp3) is 1.00. The number of nitrogens with zero attached hydrogens (tertiary/aromatic N) is 2. The Hall–Kier alpha value is -0.120. The zero-order valence-corrected chi connectivity index (χ0v) is 10.1. The summed E-state index contributed by atoms with van der Waals surface area (Å²) in [7, 11) is 4.38. The van der Waals surface area contributed by atoms with Crippen molar-refractivity contribution in [2.45, 2.75) is 26.4 Å². The maximum Gasteiger partial charge on any atom is 0.0620 e. The van der Waals surface area contributed by atoms with Crippen LogP contribution in [-0.2, 0) is 0 Å². The van der Waals surface area contributed by atoms with Crippen LogP contribution in [0.4, 0.5) is 0 Å². The lowest BCUT2D eigenvalue weighted by atomic mass is 10.1. The third kappa shape index (κ3) is 3.56. The predicted octanol–water partition coefficient (Wildman–Crippen LogP) is 0.825. The minimum absolute atomic E-state index is 0.622. The van der Waals surface area contributed by atoms with Gasteiger partial charge in [-0.3, -0.25) is 9.80 Å². The summed E-state index contributed by atoms with van der Waals surface area (Å²) in [6.45, 7) is 9.27. The molecule has 1 aliphatic rings. The molecule has 0 saturated carbocycles. The summed E-state index contributed by atoms with van der Waals surface area (Å²) in [5, 5.41) is 3.40. The molecular weight excluding hydrogens is 174 g/mol. The normalized spacial score (nSPS) is 21.9. The van der Waals surface area contributed by atoms with Crippen molar-refractivity contribution in [1.82, 2.24) is 15.1 Å². The van der Waals surface area contributed by atoms with Crippen molar-refractivity contribution in [3.8, 4) is 0 Å². The maximum atomic E-state index is 3.40. The number of hydrogen-bond donors (Lipinski definition) is 1. The first-order valence-corrected chi connectivity index (χ1v) is 5.72. The number of piperazine rings is 1. The van der Waals surface area contributed by atoms with Crippen molar-refractivity contribution < 1.29 is 0 Å². The summed E-state index contributed by atoms with van der Waals surface area (Å²) in [5.74, 6) is 0.775. The molecule has 1 fully saturated rings. The standard InChI is InChI=1S/C11H25N3/c1-10(2)9-11(13(3)4)14-7-5-12-6-8-14/h10-12H,5-9H2,1-4H3. The van der Waals surface area contributed by atoms with Gasteiger partial charge in [-0.1, -0.05) is 13.8 Å². The fourth-order valence-corrected chi connectivity index (χ4v) is 2.09. The molecule has 0 aliphatic carbocycles. The van der Waals surface area contributed by atoms with E-state index in [4.69, 9.17) is 0 Å². The minimum Gasteiger partial charge on any atom is -0.314 e. The lowest BCUT2D eigenvalue weighted by Gasteiger charge is -2.39. The highest BCUT2D eigenvalue weighted by Gasteiger charge is 2.22. The van der Waals surface area contributed by atoms with Crippen LogP contribution in [0.5, 0.6) is 0 Å². The molecule has 3 nitrogen and oxygen atoms in total. The molecule has 0 bridgehead atoms. The van der Waals surface area contributed by atoms with E-state index in [-0.39, 0.29) is 0 Å². The van der Waals surface area contributed by atoms with Crippen molar-refractivity contribution in [2.24, 2.45) is 5.92 Å². The molecule has 1 N–H and O–H groups in total. The minimum atomic E-state index is 0.622. The molecule has 0 spiro atoms. The maximum absolute atomic E-state index is 3.40. The van der Waals surface area contributed by atoms with Gasteiger partial charge >= 0.3 is 0 Å². The summed E-state index contributed by atoms with van der Waals surface area (Å²) in [4.78, 5) is 4.95. The van der Waals surface area contributed by atoms with Crippen molar-refractivity contribution in [3.05, 3.63) is 0 Å². The summed E-state index contributed by atoms with van der Waals surface area (Å²) in [6, 6.07) is 0. The largest absolute Gasteiger partial charge is 0.314 e. The van der Waals surface area contributed by atoms with Crippen LogP contribution in [-0.4, -0.2) is 56.2 Å². The average Bonchev–Trinajstić information content (AvgIpc) is 2.15. The molecule has 1 heterocycles. The van der Waals surface area contributed by atoms with Crippen LogP contribution in [0.2, 0.25) is 0 Å². The summed E-state index contributed by atoms with van der Waals surface area (Å²) in [5.41, 5.74) is 0. The summed E-state index contributed by atoms with van der Waals surface area (Å²) < 4.78 is 0.